The molecule has 0 spiro atoms. The predicted octanol–water partition coefficient (Wildman–Crippen LogP) is 2.58. The Morgan fingerprint density at radius 3 is 2.37 bits per heavy atom. The minimum absolute atomic E-state index is 0.104. The Hall–Kier alpha value is -2.14. The molecule has 5 heteroatoms. The molecule has 0 radical (unpaired) electrons. The molecule has 0 saturated carbocycles. The number of aromatic carboxylic acids is 1. The topological polar surface area (TPSA) is 72.8 Å². The summed E-state index contributed by atoms with van der Waals surface area (Å²) in [5, 5.41) is 8.74. The molecule has 2 rings (SSSR count). The van der Waals surface area contributed by atoms with Gasteiger partial charge in [-0.1, -0.05) is 12.2 Å². The van der Waals surface area contributed by atoms with Gasteiger partial charge >= 0.3 is 11.9 Å². The second kappa shape index (κ2) is 6.15. The Labute approximate surface area is 110 Å². The zero-order valence-electron chi connectivity index (χ0n) is 10.2. The quantitative estimate of drug-likeness (QED) is 0.513. The highest BCUT2D eigenvalue weighted by Crippen LogP contribution is 2.15. The third-order valence-corrected chi connectivity index (χ3v) is 2.85. The Balaban J connectivity index is 1.88. The molecule has 100 valence electrons. The Morgan fingerprint density at radius 2 is 1.79 bits per heavy atom. The van der Waals surface area contributed by atoms with E-state index in [1.807, 2.05) is 6.08 Å². The third kappa shape index (κ3) is 3.66. The predicted molar refractivity (Wildman–Crippen MR) is 66.7 cm³/mol. The molecule has 1 N–H and O–H groups in total. The average Bonchev–Trinajstić information content (AvgIpc) is 2.46. The molecule has 0 aromatic heterocycles. The molecule has 1 aromatic carbocycles. The van der Waals surface area contributed by atoms with Crippen LogP contribution in [0.25, 0.3) is 0 Å². The van der Waals surface area contributed by atoms with Crippen molar-refractivity contribution in [3.05, 3.63) is 47.5 Å². The second-order valence-electron chi connectivity index (χ2n) is 4.26. The number of carbonyl (C=O) groups is 2. The van der Waals surface area contributed by atoms with Crippen LogP contribution in [0.4, 0.5) is 0 Å². The standard InChI is InChI=1S/C14H14O5/c15-13(16)10-6-8-11(9-7-10)14(17)19-18-12-4-2-1-3-5-12/h1-2,6-9,12H,3-5H2,(H,15,16). The van der Waals surface area contributed by atoms with E-state index in [-0.39, 0.29) is 17.2 Å². The van der Waals surface area contributed by atoms with Gasteiger partial charge in [-0.2, -0.15) is 4.89 Å². The maximum atomic E-state index is 11.7. The molecule has 0 heterocycles. The van der Waals surface area contributed by atoms with Gasteiger partial charge in [0.05, 0.1) is 11.1 Å². The minimum Gasteiger partial charge on any atom is -0.478 e. The molecular weight excluding hydrogens is 248 g/mol. The summed E-state index contributed by atoms with van der Waals surface area (Å²) < 4.78 is 0. The van der Waals surface area contributed by atoms with Crippen molar-refractivity contribution in [2.45, 2.75) is 25.4 Å². The molecule has 1 atom stereocenters. The van der Waals surface area contributed by atoms with Crippen LogP contribution >= 0.6 is 0 Å². The van der Waals surface area contributed by atoms with Gasteiger partial charge in [-0.05, 0) is 43.5 Å². The van der Waals surface area contributed by atoms with Gasteiger partial charge in [-0.25, -0.2) is 9.59 Å². The SMILES string of the molecule is O=C(O)c1ccc(C(=O)OOC2CC=CCC2)cc1. The highest BCUT2D eigenvalue weighted by molar-refractivity contribution is 5.92. The lowest BCUT2D eigenvalue weighted by Gasteiger charge is -2.16. The number of rotatable bonds is 4. The molecule has 0 fully saturated rings. The van der Waals surface area contributed by atoms with Gasteiger partial charge < -0.3 is 5.11 Å². The zero-order chi connectivity index (χ0) is 13.7. The van der Waals surface area contributed by atoms with Gasteiger partial charge in [0.15, 0.2) is 0 Å². The molecule has 1 aliphatic carbocycles. The maximum Gasteiger partial charge on any atom is 0.373 e. The van der Waals surface area contributed by atoms with Crippen molar-refractivity contribution in [3.63, 3.8) is 0 Å². The van der Waals surface area contributed by atoms with Gasteiger partial charge in [-0.3, -0.25) is 4.89 Å². The molecule has 0 aliphatic heterocycles. The van der Waals surface area contributed by atoms with E-state index in [9.17, 15) is 9.59 Å². The van der Waals surface area contributed by atoms with Crippen LogP contribution in [0, 0.1) is 0 Å². The number of carboxylic acid groups (broad SMARTS) is 1. The Kier molecular flexibility index (Phi) is 4.30. The summed E-state index contributed by atoms with van der Waals surface area (Å²) >= 11 is 0. The number of hydrogen-bond acceptors (Lipinski definition) is 4. The largest absolute Gasteiger partial charge is 0.478 e. The molecule has 1 aliphatic rings. The van der Waals surface area contributed by atoms with Crippen LogP contribution in [0.5, 0.6) is 0 Å². The van der Waals surface area contributed by atoms with Crippen molar-refractivity contribution < 1.29 is 24.5 Å². The van der Waals surface area contributed by atoms with E-state index in [2.05, 4.69) is 6.08 Å². The van der Waals surface area contributed by atoms with E-state index in [4.69, 9.17) is 14.9 Å². The van der Waals surface area contributed by atoms with E-state index in [1.54, 1.807) is 0 Å². The second-order valence-corrected chi connectivity index (χ2v) is 4.26. The van der Waals surface area contributed by atoms with E-state index in [1.165, 1.54) is 24.3 Å². The number of carboxylic acids is 1. The number of allylic oxidation sites excluding steroid dienone is 1. The van der Waals surface area contributed by atoms with Crippen molar-refractivity contribution >= 4 is 11.9 Å². The first kappa shape index (κ1) is 13.3. The summed E-state index contributed by atoms with van der Waals surface area (Å²) in [6.45, 7) is 0. The van der Waals surface area contributed by atoms with Gasteiger partial charge in [0.2, 0.25) is 0 Å². The van der Waals surface area contributed by atoms with E-state index < -0.39 is 11.9 Å². The van der Waals surface area contributed by atoms with E-state index >= 15 is 0 Å². The van der Waals surface area contributed by atoms with Crippen molar-refractivity contribution in [1.29, 1.82) is 0 Å². The molecule has 1 unspecified atom stereocenters. The first-order chi connectivity index (χ1) is 9.16. The van der Waals surface area contributed by atoms with E-state index in [0.29, 0.717) is 0 Å². The van der Waals surface area contributed by atoms with Crippen molar-refractivity contribution in [2.24, 2.45) is 0 Å². The lowest BCUT2D eigenvalue weighted by Crippen LogP contribution is -2.17. The van der Waals surface area contributed by atoms with Crippen LogP contribution in [0.2, 0.25) is 0 Å². The average molecular weight is 262 g/mol. The zero-order valence-corrected chi connectivity index (χ0v) is 10.2. The molecular formula is C14H14O5. The van der Waals surface area contributed by atoms with Gasteiger partial charge in [0.25, 0.3) is 0 Å². The molecule has 0 bridgehead atoms. The van der Waals surface area contributed by atoms with Gasteiger partial charge in [0.1, 0.15) is 6.10 Å². The van der Waals surface area contributed by atoms with Crippen molar-refractivity contribution in [1.82, 2.24) is 0 Å². The van der Waals surface area contributed by atoms with Crippen molar-refractivity contribution in [3.8, 4) is 0 Å². The number of carbonyl (C=O) groups excluding carboxylic acids is 1. The minimum atomic E-state index is -1.04. The van der Waals surface area contributed by atoms with Crippen LogP contribution in [0.15, 0.2) is 36.4 Å². The summed E-state index contributed by atoms with van der Waals surface area (Å²) in [7, 11) is 0. The fraction of sp³-hybridized carbons (Fsp3) is 0.286. The van der Waals surface area contributed by atoms with Crippen LogP contribution in [0.3, 0.4) is 0 Å². The first-order valence-corrected chi connectivity index (χ1v) is 6.03. The normalized spacial score (nSPS) is 18.0. The smallest absolute Gasteiger partial charge is 0.373 e. The molecule has 5 nitrogen and oxygen atoms in total. The fourth-order valence-corrected chi connectivity index (χ4v) is 1.76. The highest BCUT2D eigenvalue weighted by Gasteiger charge is 2.15. The van der Waals surface area contributed by atoms with E-state index in [0.717, 1.165) is 19.3 Å². The molecule has 19 heavy (non-hydrogen) atoms. The Bertz CT molecular complexity index is 489. The monoisotopic (exact) mass is 262 g/mol. The summed E-state index contributed by atoms with van der Waals surface area (Å²) in [5.74, 6) is -1.66. The maximum absolute atomic E-state index is 11.7. The lowest BCUT2D eigenvalue weighted by molar-refractivity contribution is -0.275. The summed E-state index contributed by atoms with van der Waals surface area (Å²) in [6, 6.07) is 5.50. The number of hydrogen-bond donors (Lipinski definition) is 1. The van der Waals surface area contributed by atoms with Crippen LogP contribution in [0.1, 0.15) is 40.0 Å². The summed E-state index contributed by atoms with van der Waals surface area (Å²) in [4.78, 5) is 32.1. The third-order valence-electron chi connectivity index (χ3n) is 2.85. The van der Waals surface area contributed by atoms with Gasteiger partial charge in [0, 0.05) is 0 Å². The summed E-state index contributed by atoms with van der Waals surface area (Å²) in [5.41, 5.74) is 0.381. The number of benzene rings is 1. The molecule has 0 amide bonds. The molecule has 1 aromatic rings. The van der Waals surface area contributed by atoms with Crippen LogP contribution < -0.4 is 0 Å². The highest BCUT2D eigenvalue weighted by atomic mass is 17.2. The van der Waals surface area contributed by atoms with Crippen molar-refractivity contribution in [2.75, 3.05) is 0 Å². The fourth-order valence-electron chi connectivity index (χ4n) is 1.76. The summed E-state index contributed by atoms with van der Waals surface area (Å²) in [6.07, 6.45) is 6.41. The van der Waals surface area contributed by atoms with Crippen LogP contribution in [-0.4, -0.2) is 23.1 Å². The Morgan fingerprint density at radius 1 is 1.11 bits per heavy atom. The first-order valence-electron chi connectivity index (χ1n) is 6.03. The lowest BCUT2D eigenvalue weighted by atomic mass is 10.1. The van der Waals surface area contributed by atoms with Gasteiger partial charge in [-0.15, -0.1) is 0 Å². The van der Waals surface area contributed by atoms with Crippen LogP contribution in [-0.2, 0) is 9.78 Å². The molecule has 0 saturated heterocycles.